The molecule has 0 aliphatic carbocycles. The maximum absolute atomic E-state index is 11.5. The average molecular weight is 523 g/mol. The first kappa shape index (κ1) is 36.5. The van der Waals surface area contributed by atoms with Gasteiger partial charge in [0.1, 0.15) is 0 Å². The molecule has 222 valence electrons. The van der Waals surface area contributed by atoms with Gasteiger partial charge in [-0.25, -0.2) is 0 Å². The Morgan fingerprint density at radius 3 is 0.892 bits per heavy atom. The lowest BCUT2D eigenvalue weighted by Gasteiger charge is -2.05. The summed E-state index contributed by atoms with van der Waals surface area (Å²) >= 11 is 0. The normalized spacial score (nSPS) is 11.3. The van der Waals surface area contributed by atoms with Gasteiger partial charge in [-0.2, -0.15) is 0 Å². The Morgan fingerprint density at radius 2 is 0.595 bits per heavy atom. The zero-order chi connectivity index (χ0) is 26.9. The molecule has 0 aromatic heterocycles. The number of ether oxygens (including phenoxy) is 1. The fourth-order valence-electron chi connectivity index (χ4n) is 5.37. The molecule has 2 nitrogen and oxygen atoms in total. The molecule has 0 radical (unpaired) electrons. The molecule has 0 amide bonds. The van der Waals surface area contributed by atoms with E-state index in [4.69, 9.17) is 4.74 Å². The molecule has 0 spiro atoms. The van der Waals surface area contributed by atoms with E-state index in [0.717, 1.165) is 25.7 Å². The van der Waals surface area contributed by atoms with Crippen LogP contribution in [0, 0.1) is 0 Å². The van der Waals surface area contributed by atoms with Crippen molar-refractivity contribution in [2.45, 2.75) is 213 Å². The Bertz CT molecular complexity index is 419. The van der Waals surface area contributed by atoms with Crippen molar-refractivity contribution in [3.05, 3.63) is 0 Å². The predicted molar refractivity (Wildman–Crippen MR) is 165 cm³/mol. The first-order valence-electron chi connectivity index (χ1n) is 17.5. The molecule has 0 atom stereocenters. The lowest BCUT2D eigenvalue weighted by Crippen LogP contribution is -2.05. The fraction of sp³-hybridized carbons (Fsp3) is 0.971. The van der Waals surface area contributed by atoms with Crippen LogP contribution >= 0.6 is 0 Å². The molecular formula is C35H70O2. The van der Waals surface area contributed by atoms with Crippen LogP contribution in [0.25, 0.3) is 0 Å². The van der Waals surface area contributed by atoms with Gasteiger partial charge in [0.15, 0.2) is 0 Å². The van der Waals surface area contributed by atoms with Crippen LogP contribution in [-0.2, 0) is 9.53 Å². The van der Waals surface area contributed by atoms with E-state index >= 15 is 0 Å². The lowest BCUT2D eigenvalue weighted by molar-refractivity contribution is -0.143. The summed E-state index contributed by atoms with van der Waals surface area (Å²) in [5.41, 5.74) is 0. The molecular weight excluding hydrogens is 452 g/mol. The summed E-state index contributed by atoms with van der Waals surface area (Å²) in [4.78, 5) is 11.5. The molecule has 0 aliphatic heterocycles. The highest BCUT2D eigenvalue weighted by Gasteiger charge is 2.02. The molecule has 0 N–H and O–H groups in total. The van der Waals surface area contributed by atoms with Crippen LogP contribution in [0.4, 0.5) is 0 Å². The van der Waals surface area contributed by atoms with E-state index in [1.165, 1.54) is 167 Å². The van der Waals surface area contributed by atoms with Gasteiger partial charge in [0.2, 0.25) is 0 Å². The largest absolute Gasteiger partial charge is 0.466 e. The second kappa shape index (κ2) is 33.5. The average Bonchev–Trinajstić information content (AvgIpc) is 2.90. The minimum atomic E-state index is 0.00302. The third-order valence-corrected chi connectivity index (χ3v) is 8.00. The molecule has 0 aliphatic rings. The molecule has 2 heteroatoms. The van der Waals surface area contributed by atoms with Gasteiger partial charge >= 0.3 is 5.97 Å². The van der Waals surface area contributed by atoms with Gasteiger partial charge in [0.05, 0.1) is 6.61 Å². The molecule has 0 aromatic rings. The third-order valence-electron chi connectivity index (χ3n) is 8.00. The Morgan fingerprint density at radius 1 is 0.351 bits per heavy atom. The van der Waals surface area contributed by atoms with E-state index in [0.29, 0.717) is 13.0 Å². The lowest BCUT2D eigenvalue weighted by atomic mass is 10.0. The van der Waals surface area contributed by atoms with E-state index < -0.39 is 0 Å². The standard InChI is InChI=1S/C35H70O2/c1-3-5-7-8-9-10-11-12-13-14-15-16-17-18-19-20-21-22-23-24-25-26-27-28-29-30-32-34-37-35(36)33-31-6-4-2/h3-34H2,1-2H3. The fourth-order valence-corrected chi connectivity index (χ4v) is 5.37. The van der Waals surface area contributed by atoms with Crippen molar-refractivity contribution >= 4 is 5.97 Å². The van der Waals surface area contributed by atoms with Gasteiger partial charge < -0.3 is 4.74 Å². The van der Waals surface area contributed by atoms with Gasteiger partial charge in [-0.05, 0) is 12.8 Å². The number of carbonyl (C=O) groups excluding carboxylic acids is 1. The van der Waals surface area contributed by atoms with E-state index in [9.17, 15) is 4.79 Å². The van der Waals surface area contributed by atoms with Crippen LogP contribution in [-0.4, -0.2) is 12.6 Å². The SMILES string of the molecule is CCCCCCCCCCCCCCCCCCCCCCCCCCCCCOC(=O)CCCCC. The Balaban J connectivity index is 3.06. The molecule has 0 saturated heterocycles. The molecule has 0 fully saturated rings. The zero-order valence-electron chi connectivity index (χ0n) is 25.9. The summed E-state index contributed by atoms with van der Waals surface area (Å²) in [6, 6.07) is 0. The number of hydrogen-bond acceptors (Lipinski definition) is 2. The Hall–Kier alpha value is -0.530. The number of carbonyl (C=O) groups is 1. The maximum Gasteiger partial charge on any atom is 0.305 e. The summed E-state index contributed by atoms with van der Waals surface area (Å²) < 4.78 is 5.31. The van der Waals surface area contributed by atoms with E-state index in [1.807, 2.05) is 0 Å². The molecule has 0 saturated carbocycles. The van der Waals surface area contributed by atoms with Crippen molar-refractivity contribution in [3.8, 4) is 0 Å². The topological polar surface area (TPSA) is 26.3 Å². The molecule has 0 heterocycles. The number of rotatable bonds is 32. The summed E-state index contributed by atoms with van der Waals surface area (Å²) in [5.74, 6) is 0.00302. The Labute approximate surface area is 234 Å². The third kappa shape index (κ3) is 33.4. The smallest absolute Gasteiger partial charge is 0.305 e. The zero-order valence-corrected chi connectivity index (χ0v) is 25.9. The van der Waals surface area contributed by atoms with Crippen LogP contribution < -0.4 is 0 Å². The highest BCUT2D eigenvalue weighted by Crippen LogP contribution is 2.16. The summed E-state index contributed by atoms with van der Waals surface area (Å²) in [6.45, 7) is 5.09. The Kier molecular flexibility index (Phi) is 33.0. The van der Waals surface area contributed by atoms with Crippen molar-refractivity contribution in [3.63, 3.8) is 0 Å². The van der Waals surface area contributed by atoms with Crippen LogP contribution in [0.1, 0.15) is 213 Å². The highest BCUT2D eigenvalue weighted by atomic mass is 16.5. The van der Waals surface area contributed by atoms with Gasteiger partial charge in [0.25, 0.3) is 0 Å². The van der Waals surface area contributed by atoms with Crippen molar-refractivity contribution in [1.82, 2.24) is 0 Å². The highest BCUT2D eigenvalue weighted by molar-refractivity contribution is 5.69. The van der Waals surface area contributed by atoms with E-state index in [-0.39, 0.29) is 5.97 Å². The summed E-state index contributed by atoms with van der Waals surface area (Å²) in [5, 5.41) is 0. The van der Waals surface area contributed by atoms with Crippen molar-refractivity contribution in [1.29, 1.82) is 0 Å². The van der Waals surface area contributed by atoms with Gasteiger partial charge in [-0.15, -0.1) is 0 Å². The van der Waals surface area contributed by atoms with Crippen LogP contribution in [0.3, 0.4) is 0 Å². The van der Waals surface area contributed by atoms with Crippen LogP contribution in [0.2, 0.25) is 0 Å². The molecule has 0 bridgehead atoms. The monoisotopic (exact) mass is 523 g/mol. The molecule has 0 rings (SSSR count). The van der Waals surface area contributed by atoms with Gasteiger partial charge in [-0.1, -0.05) is 194 Å². The van der Waals surface area contributed by atoms with E-state index in [1.54, 1.807) is 0 Å². The van der Waals surface area contributed by atoms with E-state index in [2.05, 4.69) is 13.8 Å². The van der Waals surface area contributed by atoms with Gasteiger partial charge in [-0.3, -0.25) is 4.79 Å². The number of hydrogen-bond donors (Lipinski definition) is 0. The van der Waals surface area contributed by atoms with Crippen molar-refractivity contribution in [2.24, 2.45) is 0 Å². The van der Waals surface area contributed by atoms with Crippen molar-refractivity contribution in [2.75, 3.05) is 6.61 Å². The second-order valence-corrected chi connectivity index (χ2v) is 11.9. The molecule has 0 unspecified atom stereocenters. The second-order valence-electron chi connectivity index (χ2n) is 11.9. The predicted octanol–water partition coefficient (Wildman–Crippen LogP) is 12.7. The maximum atomic E-state index is 11.5. The summed E-state index contributed by atoms with van der Waals surface area (Å²) in [6.07, 6.45) is 42.2. The number of unbranched alkanes of at least 4 members (excludes halogenated alkanes) is 28. The first-order valence-corrected chi connectivity index (χ1v) is 17.5. The quantitative estimate of drug-likeness (QED) is 0.0648. The first-order chi connectivity index (χ1) is 18.3. The number of esters is 1. The minimum Gasteiger partial charge on any atom is -0.466 e. The van der Waals surface area contributed by atoms with Crippen molar-refractivity contribution < 1.29 is 9.53 Å². The summed E-state index contributed by atoms with van der Waals surface area (Å²) in [7, 11) is 0. The molecule has 37 heavy (non-hydrogen) atoms. The van der Waals surface area contributed by atoms with Crippen LogP contribution in [0.15, 0.2) is 0 Å². The molecule has 0 aromatic carbocycles. The minimum absolute atomic E-state index is 0.00302. The van der Waals surface area contributed by atoms with Gasteiger partial charge in [0, 0.05) is 6.42 Å². The van der Waals surface area contributed by atoms with Crippen LogP contribution in [0.5, 0.6) is 0 Å².